The Labute approximate surface area is 174 Å². The smallest absolute Gasteiger partial charge is 0.137 e. The first kappa shape index (κ1) is 21.5. The van der Waals surface area contributed by atoms with Crippen LogP contribution in [0.2, 0.25) is 0 Å². The molecule has 2 fully saturated rings. The summed E-state index contributed by atoms with van der Waals surface area (Å²) in [5.41, 5.74) is 2.04. The van der Waals surface area contributed by atoms with Crippen LogP contribution in [0, 0.1) is 0 Å². The molecule has 4 rings (SSSR count). The fourth-order valence-electron chi connectivity index (χ4n) is 4.16. The second-order valence-electron chi connectivity index (χ2n) is 7.34. The van der Waals surface area contributed by atoms with Crippen molar-refractivity contribution in [2.24, 2.45) is 0 Å². The number of hydrogen-bond donors (Lipinski definition) is 1. The van der Waals surface area contributed by atoms with E-state index in [1.807, 2.05) is 32.1 Å². The number of nitrogens with one attached hydrogen (secondary N) is 1. The van der Waals surface area contributed by atoms with E-state index in [9.17, 15) is 0 Å². The second-order valence-corrected chi connectivity index (χ2v) is 7.34. The fraction of sp³-hybridized carbons (Fsp3) is 0.565. The largest absolute Gasteiger partial charge is 0.504 e. The summed E-state index contributed by atoms with van der Waals surface area (Å²) in [6.45, 7) is 7.92. The highest BCUT2D eigenvalue weighted by atomic mass is 16.5. The van der Waals surface area contributed by atoms with Gasteiger partial charge in [-0.05, 0) is 49.5 Å². The Morgan fingerprint density at radius 1 is 1.10 bits per heavy atom. The molecule has 6 nitrogen and oxygen atoms in total. The van der Waals surface area contributed by atoms with Crippen molar-refractivity contribution in [2.45, 2.75) is 51.6 Å². The lowest BCUT2D eigenvalue weighted by atomic mass is 9.90. The molecule has 0 atom stereocenters. The van der Waals surface area contributed by atoms with Crippen LogP contribution in [-0.4, -0.2) is 60.4 Å². The summed E-state index contributed by atoms with van der Waals surface area (Å²) < 4.78 is 10.5. The summed E-state index contributed by atoms with van der Waals surface area (Å²) in [6.07, 6.45) is 10.1. The third kappa shape index (κ3) is 5.67. The second kappa shape index (κ2) is 11.1. The third-order valence-corrected chi connectivity index (χ3v) is 5.66. The number of methoxy groups -OCH3 is 1. The molecule has 1 aromatic heterocycles. The van der Waals surface area contributed by atoms with Crippen LogP contribution in [-0.2, 0) is 9.47 Å². The molecule has 0 amide bonds. The van der Waals surface area contributed by atoms with Gasteiger partial charge >= 0.3 is 0 Å². The number of aromatic nitrogens is 2. The van der Waals surface area contributed by atoms with Crippen molar-refractivity contribution in [3.63, 3.8) is 0 Å². The number of rotatable bonds is 5. The number of morpholine rings is 1. The van der Waals surface area contributed by atoms with Crippen LogP contribution in [0.5, 0.6) is 0 Å². The molecule has 0 unspecified atom stereocenters. The number of nitrogens with zero attached hydrogens (tertiary/aromatic N) is 3. The van der Waals surface area contributed by atoms with Crippen molar-refractivity contribution in [3.05, 3.63) is 36.4 Å². The number of fused-ring (bicyclic) bond motifs is 1. The maximum Gasteiger partial charge on any atom is 0.137 e. The predicted molar refractivity (Wildman–Crippen MR) is 119 cm³/mol. The molecule has 0 radical (unpaired) electrons. The highest BCUT2D eigenvalue weighted by molar-refractivity contribution is 5.90. The van der Waals surface area contributed by atoms with Gasteiger partial charge in [-0.15, -0.1) is 0 Å². The zero-order valence-corrected chi connectivity index (χ0v) is 17.9. The average Bonchev–Trinajstić information content (AvgIpc) is 2.80. The average molecular weight is 399 g/mol. The van der Waals surface area contributed by atoms with Crippen LogP contribution in [0.4, 0.5) is 5.82 Å². The van der Waals surface area contributed by atoms with Crippen molar-refractivity contribution < 1.29 is 9.47 Å². The van der Waals surface area contributed by atoms with E-state index in [0.717, 1.165) is 48.6 Å². The SMILES string of the molecule is CC.CO/C=C/c1ccc2ncnc(NC3CCC(N4CCOCC4)CC3)c2c1. The number of benzene rings is 1. The van der Waals surface area contributed by atoms with E-state index in [4.69, 9.17) is 9.47 Å². The lowest BCUT2D eigenvalue weighted by Crippen LogP contribution is -2.46. The standard InChI is InChI=1S/C21H28N4O2.C2H6/c1-26-11-8-16-2-7-20-19(14-16)21(23-15-22-20)24-17-3-5-18(6-4-17)25-9-12-27-13-10-25;1-2/h2,7-8,11,14-15,17-18H,3-6,9-10,12-13H2,1H3,(H,22,23,24);1-2H3/b11-8+;. The molecule has 2 heterocycles. The van der Waals surface area contributed by atoms with E-state index >= 15 is 0 Å². The third-order valence-electron chi connectivity index (χ3n) is 5.66. The zero-order chi connectivity index (χ0) is 20.5. The van der Waals surface area contributed by atoms with Crippen LogP contribution in [0.15, 0.2) is 30.8 Å². The van der Waals surface area contributed by atoms with Gasteiger partial charge in [0.05, 0.1) is 32.1 Å². The Kier molecular flexibility index (Phi) is 8.25. The van der Waals surface area contributed by atoms with Crippen molar-refractivity contribution >= 4 is 22.8 Å². The first-order chi connectivity index (χ1) is 14.3. The van der Waals surface area contributed by atoms with Gasteiger partial charge in [0.25, 0.3) is 0 Å². The highest BCUT2D eigenvalue weighted by Crippen LogP contribution is 2.28. The molecular formula is C23H34N4O2. The topological polar surface area (TPSA) is 59.5 Å². The van der Waals surface area contributed by atoms with Gasteiger partial charge < -0.3 is 14.8 Å². The molecule has 1 N–H and O–H groups in total. The van der Waals surface area contributed by atoms with Crippen molar-refractivity contribution in [1.29, 1.82) is 0 Å². The van der Waals surface area contributed by atoms with Crippen molar-refractivity contribution in [3.8, 4) is 0 Å². The molecule has 29 heavy (non-hydrogen) atoms. The van der Waals surface area contributed by atoms with Gasteiger partial charge in [-0.1, -0.05) is 19.9 Å². The minimum Gasteiger partial charge on any atom is -0.504 e. The molecule has 1 saturated carbocycles. The van der Waals surface area contributed by atoms with Gasteiger partial charge in [-0.2, -0.15) is 0 Å². The lowest BCUT2D eigenvalue weighted by molar-refractivity contribution is 0.00791. The monoisotopic (exact) mass is 398 g/mol. The van der Waals surface area contributed by atoms with E-state index in [1.165, 1.54) is 25.7 Å². The summed E-state index contributed by atoms with van der Waals surface area (Å²) in [5.74, 6) is 0.933. The minimum absolute atomic E-state index is 0.471. The van der Waals surface area contributed by atoms with Gasteiger partial charge in [-0.3, -0.25) is 4.90 Å². The van der Waals surface area contributed by atoms with Gasteiger partial charge in [0.2, 0.25) is 0 Å². The van der Waals surface area contributed by atoms with Crippen molar-refractivity contribution in [1.82, 2.24) is 14.9 Å². The van der Waals surface area contributed by atoms with Crippen LogP contribution in [0.25, 0.3) is 17.0 Å². The maximum absolute atomic E-state index is 5.48. The molecule has 0 spiro atoms. The molecule has 6 heteroatoms. The summed E-state index contributed by atoms with van der Waals surface area (Å²) >= 11 is 0. The van der Waals surface area contributed by atoms with E-state index in [2.05, 4.69) is 26.3 Å². The number of ether oxygens (including phenoxy) is 2. The van der Waals surface area contributed by atoms with Gasteiger partial charge in [0, 0.05) is 30.6 Å². The number of hydrogen-bond acceptors (Lipinski definition) is 6. The molecule has 0 bridgehead atoms. The first-order valence-corrected chi connectivity index (χ1v) is 10.9. The summed E-state index contributed by atoms with van der Waals surface area (Å²) in [4.78, 5) is 11.5. The van der Waals surface area contributed by atoms with Crippen LogP contribution in [0.1, 0.15) is 45.1 Å². The Bertz CT molecular complexity index is 782. The van der Waals surface area contributed by atoms with Crippen LogP contribution >= 0.6 is 0 Å². The quantitative estimate of drug-likeness (QED) is 0.757. The van der Waals surface area contributed by atoms with Gasteiger partial charge in [0.1, 0.15) is 12.1 Å². The fourth-order valence-corrected chi connectivity index (χ4v) is 4.16. The summed E-state index contributed by atoms with van der Waals surface area (Å²) in [5, 5.41) is 4.74. The normalized spacial score (nSPS) is 22.9. The lowest BCUT2D eigenvalue weighted by Gasteiger charge is -2.39. The molecule has 1 aromatic carbocycles. The molecule has 1 aliphatic heterocycles. The summed E-state index contributed by atoms with van der Waals surface area (Å²) in [6, 6.07) is 7.38. The number of anilines is 1. The molecule has 2 aliphatic rings. The maximum atomic E-state index is 5.48. The minimum atomic E-state index is 0.471. The Balaban J connectivity index is 0.00000117. The van der Waals surface area contributed by atoms with Crippen LogP contribution in [0.3, 0.4) is 0 Å². The highest BCUT2D eigenvalue weighted by Gasteiger charge is 2.27. The zero-order valence-electron chi connectivity index (χ0n) is 17.9. The predicted octanol–water partition coefficient (Wildman–Crippen LogP) is 4.33. The molecule has 1 saturated heterocycles. The Morgan fingerprint density at radius 3 is 2.59 bits per heavy atom. The van der Waals surface area contributed by atoms with Crippen LogP contribution < -0.4 is 5.32 Å². The van der Waals surface area contributed by atoms with Gasteiger partial charge in [-0.25, -0.2) is 9.97 Å². The molecular weight excluding hydrogens is 364 g/mol. The van der Waals surface area contributed by atoms with E-state index < -0.39 is 0 Å². The summed E-state index contributed by atoms with van der Waals surface area (Å²) in [7, 11) is 1.65. The Morgan fingerprint density at radius 2 is 1.86 bits per heavy atom. The van der Waals surface area contributed by atoms with E-state index in [0.29, 0.717) is 12.1 Å². The molecule has 1 aliphatic carbocycles. The van der Waals surface area contributed by atoms with E-state index in [-0.39, 0.29) is 0 Å². The van der Waals surface area contributed by atoms with Gasteiger partial charge in [0.15, 0.2) is 0 Å². The first-order valence-electron chi connectivity index (χ1n) is 10.9. The molecule has 158 valence electrons. The van der Waals surface area contributed by atoms with Crippen molar-refractivity contribution in [2.75, 3.05) is 38.7 Å². The van der Waals surface area contributed by atoms with E-state index in [1.54, 1.807) is 19.7 Å². The Hall–Kier alpha value is -2.18. The molecule has 2 aromatic rings.